The lowest BCUT2D eigenvalue weighted by molar-refractivity contribution is 0.0776. The topological polar surface area (TPSA) is 32.3 Å². The van der Waals surface area contributed by atoms with Crippen molar-refractivity contribution in [3.63, 3.8) is 0 Å². The van der Waals surface area contributed by atoms with Gasteiger partial charge in [-0.15, -0.1) is 11.3 Å². The first-order valence-electron chi connectivity index (χ1n) is 6.01. The average molecular weight is 307 g/mol. The molecule has 1 aliphatic rings. The zero-order chi connectivity index (χ0) is 13.1. The molecule has 1 N–H and O–H groups in total. The number of hydrogen-bond donors (Lipinski definition) is 1. The number of carbonyl (C=O) groups is 1. The molecule has 3 nitrogen and oxygen atoms in total. The molecule has 1 saturated heterocycles. The molecule has 1 aromatic rings. The van der Waals surface area contributed by atoms with E-state index in [4.69, 9.17) is 23.2 Å². The molecular weight excluding hydrogens is 291 g/mol. The van der Waals surface area contributed by atoms with Crippen LogP contribution in [0.15, 0.2) is 6.07 Å². The van der Waals surface area contributed by atoms with Gasteiger partial charge < -0.3 is 10.2 Å². The van der Waals surface area contributed by atoms with Gasteiger partial charge in [-0.1, -0.05) is 29.6 Å². The van der Waals surface area contributed by atoms with Gasteiger partial charge in [0.2, 0.25) is 0 Å². The summed E-state index contributed by atoms with van der Waals surface area (Å²) in [6, 6.07) is 2.03. The Bertz CT molecular complexity index is 430. The number of likely N-dealkylation sites (N-methyl/N-ethyl adjacent to an activating group) is 1. The fraction of sp³-hybridized carbons (Fsp3) is 0.583. The van der Waals surface area contributed by atoms with Crippen molar-refractivity contribution in [2.75, 3.05) is 20.1 Å². The quantitative estimate of drug-likeness (QED) is 0.929. The predicted octanol–water partition coefficient (Wildman–Crippen LogP) is 3.27. The second-order valence-electron chi connectivity index (χ2n) is 4.57. The van der Waals surface area contributed by atoms with Gasteiger partial charge >= 0.3 is 0 Å². The van der Waals surface area contributed by atoms with E-state index in [1.807, 2.05) is 0 Å². The smallest absolute Gasteiger partial charge is 0.256 e. The summed E-state index contributed by atoms with van der Waals surface area (Å²) >= 11 is 13.1. The first kappa shape index (κ1) is 14.1. The van der Waals surface area contributed by atoms with E-state index in [0.717, 1.165) is 13.0 Å². The number of carbonyl (C=O) groups excluding carboxylic acids is 1. The molecule has 18 heavy (non-hydrogen) atoms. The van der Waals surface area contributed by atoms with Crippen molar-refractivity contribution in [2.45, 2.75) is 25.3 Å². The molecule has 1 aliphatic heterocycles. The molecule has 2 rings (SSSR count). The number of nitrogens with zero attached hydrogens (tertiary/aromatic N) is 1. The molecular formula is C12H16Cl2N2OS. The van der Waals surface area contributed by atoms with Crippen LogP contribution in [0.25, 0.3) is 0 Å². The molecule has 1 atom stereocenters. The predicted molar refractivity (Wildman–Crippen MR) is 76.9 cm³/mol. The van der Waals surface area contributed by atoms with Crippen LogP contribution < -0.4 is 5.32 Å². The highest BCUT2D eigenvalue weighted by Gasteiger charge is 2.21. The number of thiophene rings is 1. The number of hydrogen-bond acceptors (Lipinski definition) is 3. The molecule has 1 unspecified atom stereocenters. The van der Waals surface area contributed by atoms with E-state index in [9.17, 15) is 4.79 Å². The molecule has 0 aliphatic carbocycles. The van der Waals surface area contributed by atoms with Gasteiger partial charge in [-0.05, 0) is 25.5 Å². The van der Waals surface area contributed by atoms with Crippen LogP contribution >= 0.6 is 34.5 Å². The molecule has 1 aromatic heterocycles. The van der Waals surface area contributed by atoms with Crippen molar-refractivity contribution in [2.24, 2.45) is 0 Å². The normalized spacial score (nSPS) is 19.8. The van der Waals surface area contributed by atoms with Crippen LogP contribution in [0, 0.1) is 0 Å². The van der Waals surface area contributed by atoms with Crippen LogP contribution in [0.3, 0.4) is 0 Å². The Hall–Kier alpha value is -0.290. The van der Waals surface area contributed by atoms with Crippen LogP contribution in [-0.4, -0.2) is 37.0 Å². The largest absolute Gasteiger partial charge is 0.340 e. The van der Waals surface area contributed by atoms with Crippen LogP contribution in [0.1, 0.15) is 29.6 Å². The van der Waals surface area contributed by atoms with Gasteiger partial charge in [0, 0.05) is 19.6 Å². The summed E-state index contributed by atoms with van der Waals surface area (Å²) < 4.78 is 1.01. The maximum atomic E-state index is 12.2. The molecule has 0 bridgehead atoms. The van der Waals surface area contributed by atoms with Gasteiger partial charge in [-0.2, -0.15) is 0 Å². The summed E-state index contributed by atoms with van der Waals surface area (Å²) in [5, 5.41) is 3.43. The summed E-state index contributed by atoms with van der Waals surface area (Å²) in [6.07, 6.45) is 3.57. The van der Waals surface area contributed by atoms with E-state index < -0.39 is 0 Å². The number of nitrogens with one attached hydrogen (secondary N) is 1. The third-order valence-electron chi connectivity index (χ3n) is 3.14. The first-order chi connectivity index (χ1) is 8.58. The van der Waals surface area contributed by atoms with E-state index in [2.05, 4.69) is 5.32 Å². The summed E-state index contributed by atoms with van der Waals surface area (Å²) in [4.78, 5) is 13.9. The number of halogens is 2. The van der Waals surface area contributed by atoms with E-state index in [0.29, 0.717) is 26.8 Å². The second-order valence-corrected chi connectivity index (χ2v) is 6.86. The van der Waals surface area contributed by atoms with E-state index >= 15 is 0 Å². The SMILES string of the molecule is CN(CC1CCCCN1)C(=O)c1cc(Cl)sc1Cl. The number of rotatable bonds is 3. The van der Waals surface area contributed by atoms with Gasteiger partial charge in [-0.25, -0.2) is 0 Å². The Balaban J connectivity index is 1.97. The maximum absolute atomic E-state index is 12.2. The third kappa shape index (κ3) is 3.38. The summed E-state index contributed by atoms with van der Waals surface area (Å²) in [5.74, 6) is -0.0597. The summed E-state index contributed by atoms with van der Waals surface area (Å²) in [7, 11) is 1.81. The maximum Gasteiger partial charge on any atom is 0.256 e. The Morgan fingerprint density at radius 1 is 1.56 bits per heavy atom. The molecule has 100 valence electrons. The fourth-order valence-electron chi connectivity index (χ4n) is 2.19. The van der Waals surface area contributed by atoms with E-state index in [1.54, 1.807) is 18.0 Å². The molecule has 0 saturated carbocycles. The van der Waals surface area contributed by atoms with Crippen LogP contribution in [-0.2, 0) is 0 Å². The van der Waals surface area contributed by atoms with Crippen LogP contribution in [0.5, 0.6) is 0 Å². The lowest BCUT2D eigenvalue weighted by Gasteiger charge is -2.28. The lowest BCUT2D eigenvalue weighted by atomic mass is 10.0. The molecule has 2 heterocycles. The van der Waals surface area contributed by atoms with Crippen molar-refractivity contribution in [3.8, 4) is 0 Å². The van der Waals surface area contributed by atoms with Gasteiger partial charge in [0.15, 0.2) is 0 Å². The van der Waals surface area contributed by atoms with Crippen molar-refractivity contribution in [1.29, 1.82) is 0 Å². The van der Waals surface area contributed by atoms with Crippen molar-refractivity contribution in [3.05, 3.63) is 20.3 Å². The van der Waals surface area contributed by atoms with Gasteiger partial charge in [0.05, 0.1) is 9.90 Å². The zero-order valence-corrected chi connectivity index (χ0v) is 12.5. The number of amides is 1. The third-order valence-corrected chi connectivity index (χ3v) is 4.63. The number of piperidine rings is 1. The minimum atomic E-state index is -0.0597. The summed E-state index contributed by atoms with van der Waals surface area (Å²) in [5.41, 5.74) is 0.505. The van der Waals surface area contributed by atoms with Gasteiger partial charge in [0.25, 0.3) is 5.91 Å². The van der Waals surface area contributed by atoms with E-state index in [1.165, 1.54) is 24.2 Å². The second kappa shape index (κ2) is 6.24. The highest BCUT2D eigenvalue weighted by atomic mass is 35.5. The minimum absolute atomic E-state index is 0.0597. The Morgan fingerprint density at radius 3 is 2.89 bits per heavy atom. The Labute approximate surface area is 121 Å². The highest BCUT2D eigenvalue weighted by Crippen LogP contribution is 2.31. The highest BCUT2D eigenvalue weighted by molar-refractivity contribution is 7.20. The van der Waals surface area contributed by atoms with E-state index in [-0.39, 0.29) is 5.91 Å². The Kier molecular flexibility index (Phi) is 4.90. The summed E-state index contributed by atoms with van der Waals surface area (Å²) in [6.45, 7) is 1.75. The fourth-order valence-corrected chi connectivity index (χ4v) is 3.63. The first-order valence-corrected chi connectivity index (χ1v) is 7.59. The molecule has 1 fully saturated rings. The molecule has 1 amide bonds. The monoisotopic (exact) mass is 306 g/mol. The standard InChI is InChI=1S/C12H16Cl2N2OS/c1-16(7-8-4-2-3-5-15-8)12(17)9-6-10(13)18-11(9)14/h6,8,15H,2-5,7H2,1H3. The van der Waals surface area contributed by atoms with Crippen LogP contribution in [0.4, 0.5) is 0 Å². The average Bonchev–Trinajstić information content (AvgIpc) is 2.68. The Morgan fingerprint density at radius 2 is 2.33 bits per heavy atom. The molecule has 0 radical (unpaired) electrons. The van der Waals surface area contributed by atoms with Crippen molar-refractivity contribution < 1.29 is 4.79 Å². The van der Waals surface area contributed by atoms with Crippen molar-refractivity contribution >= 4 is 40.4 Å². The molecule has 0 spiro atoms. The minimum Gasteiger partial charge on any atom is -0.340 e. The zero-order valence-electron chi connectivity index (χ0n) is 10.2. The lowest BCUT2D eigenvalue weighted by Crippen LogP contribution is -2.44. The van der Waals surface area contributed by atoms with Crippen molar-refractivity contribution in [1.82, 2.24) is 10.2 Å². The van der Waals surface area contributed by atoms with Gasteiger partial charge in [-0.3, -0.25) is 4.79 Å². The van der Waals surface area contributed by atoms with Crippen LogP contribution in [0.2, 0.25) is 8.67 Å². The molecule has 0 aromatic carbocycles. The molecule has 6 heteroatoms. The van der Waals surface area contributed by atoms with Gasteiger partial charge in [0.1, 0.15) is 4.34 Å².